The molecule has 0 fully saturated rings. The first-order valence-corrected chi connectivity index (χ1v) is 5.56. The van der Waals surface area contributed by atoms with Gasteiger partial charge in [-0.1, -0.05) is 39.5 Å². The molecule has 13 heavy (non-hydrogen) atoms. The molecule has 0 aliphatic carbocycles. The molecular weight excluding hydrogens is 164 g/mol. The molecule has 0 saturated heterocycles. The van der Waals surface area contributed by atoms with Gasteiger partial charge < -0.3 is 10.2 Å². The molecule has 0 bridgehead atoms. The van der Waals surface area contributed by atoms with E-state index >= 15 is 0 Å². The van der Waals surface area contributed by atoms with Crippen LogP contribution in [0.15, 0.2) is 0 Å². The summed E-state index contributed by atoms with van der Waals surface area (Å²) in [6.45, 7) is 4.20. The number of rotatable bonds is 8. The van der Waals surface area contributed by atoms with Crippen LogP contribution in [-0.2, 0) is 0 Å². The van der Waals surface area contributed by atoms with Gasteiger partial charge in [0.25, 0.3) is 0 Å². The largest absolute Gasteiger partial charge is 0.393 e. The van der Waals surface area contributed by atoms with Gasteiger partial charge in [-0.05, 0) is 19.3 Å². The van der Waals surface area contributed by atoms with Gasteiger partial charge >= 0.3 is 0 Å². The van der Waals surface area contributed by atoms with E-state index in [4.69, 9.17) is 0 Å². The van der Waals surface area contributed by atoms with E-state index in [1.54, 1.807) is 0 Å². The monoisotopic (exact) mass is 188 g/mol. The Labute approximate surface area is 82.0 Å². The third-order valence-electron chi connectivity index (χ3n) is 2.31. The Kier molecular flexibility index (Phi) is 8.46. The summed E-state index contributed by atoms with van der Waals surface area (Å²) in [6, 6.07) is 0. The highest BCUT2D eigenvalue weighted by Gasteiger charge is 2.10. The summed E-state index contributed by atoms with van der Waals surface area (Å²) < 4.78 is 0. The SMILES string of the molecule is CCCCCC(O)CC(O)CCC. The summed E-state index contributed by atoms with van der Waals surface area (Å²) in [5.74, 6) is 0. The van der Waals surface area contributed by atoms with E-state index in [2.05, 4.69) is 6.92 Å². The molecule has 0 heterocycles. The molecule has 0 saturated carbocycles. The van der Waals surface area contributed by atoms with Crippen molar-refractivity contribution in [2.45, 2.75) is 71.0 Å². The maximum atomic E-state index is 9.51. The Morgan fingerprint density at radius 3 is 2.00 bits per heavy atom. The van der Waals surface area contributed by atoms with Crippen LogP contribution in [0, 0.1) is 0 Å². The van der Waals surface area contributed by atoms with E-state index in [1.807, 2.05) is 6.92 Å². The summed E-state index contributed by atoms with van der Waals surface area (Å²) in [7, 11) is 0. The quantitative estimate of drug-likeness (QED) is 0.574. The Hall–Kier alpha value is -0.0800. The summed E-state index contributed by atoms with van der Waals surface area (Å²) in [6.07, 6.45) is 6.04. The summed E-state index contributed by atoms with van der Waals surface area (Å²) >= 11 is 0. The molecule has 0 aliphatic heterocycles. The summed E-state index contributed by atoms with van der Waals surface area (Å²) in [4.78, 5) is 0. The average Bonchev–Trinajstić information content (AvgIpc) is 2.05. The zero-order valence-electron chi connectivity index (χ0n) is 9.00. The number of hydrogen-bond acceptors (Lipinski definition) is 2. The average molecular weight is 188 g/mol. The van der Waals surface area contributed by atoms with Crippen molar-refractivity contribution in [1.29, 1.82) is 0 Å². The van der Waals surface area contributed by atoms with Gasteiger partial charge in [0.1, 0.15) is 0 Å². The molecule has 2 N–H and O–H groups in total. The molecular formula is C11H24O2. The van der Waals surface area contributed by atoms with Crippen molar-refractivity contribution in [2.24, 2.45) is 0 Å². The predicted molar refractivity (Wildman–Crippen MR) is 55.7 cm³/mol. The van der Waals surface area contributed by atoms with Crippen molar-refractivity contribution < 1.29 is 10.2 Å². The fourth-order valence-corrected chi connectivity index (χ4v) is 1.51. The van der Waals surface area contributed by atoms with Gasteiger partial charge in [-0.25, -0.2) is 0 Å². The Morgan fingerprint density at radius 2 is 1.46 bits per heavy atom. The second-order valence-electron chi connectivity index (χ2n) is 3.83. The normalized spacial score (nSPS) is 15.7. The fourth-order valence-electron chi connectivity index (χ4n) is 1.51. The van der Waals surface area contributed by atoms with Crippen molar-refractivity contribution in [3.63, 3.8) is 0 Å². The standard InChI is InChI=1S/C11H24O2/c1-3-5-6-8-11(13)9-10(12)7-4-2/h10-13H,3-9H2,1-2H3. The van der Waals surface area contributed by atoms with Crippen LogP contribution in [0.4, 0.5) is 0 Å². The molecule has 2 unspecified atom stereocenters. The van der Waals surface area contributed by atoms with Crippen LogP contribution in [-0.4, -0.2) is 22.4 Å². The van der Waals surface area contributed by atoms with Gasteiger partial charge in [-0.2, -0.15) is 0 Å². The lowest BCUT2D eigenvalue weighted by molar-refractivity contribution is 0.0693. The van der Waals surface area contributed by atoms with Crippen LogP contribution < -0.4 is 0 Å². The number of aliphatic hydroxyl groups excluding tert-OH is 2. The second kappa shape index (κ2) is 8.52. The topological polar surface area (TPSA) is 40.5 Å². The number of hydrogen-bond donors (Lipinski definition) is 2. The first kappa shape index (κ1) is 12.9. The van der Waals surface area contributed by atoms with Gasteiger partial charge in [-0.15, -0.1) is 0 Å². The lowest BCUT2D eigenvalue weighted by Gasteiger charge is -2.14. The van der Waals surface area contributed by atoms with E-state index in [1.165, 1.54) is 12.8 Å². The maximum Gasteiger partial charge on any atom is 0.0564 e. The Bertz CT molecular complexity index is 104. The molecule has 80 valence electrons. The highest BCUT2D eigenvalue weighted by molar-refractivity contribution is 4.63. The molecule has 0 rings (SSSR count). The molecule has 0 aromatic carbocycles. The second-order valence-corrected chi connectivity index (χ2v) is 3.83. The molecule has 0 radical (unpaired) electrons. The van der Waals surface area contributed by atoms with Crippen LogP contribution >= 0.6 is 0 Å². The molecule has 0 aromatic rings. The summed E-state index contributed by atoms with van der Waals surface area (Å²) in [5, 5.41) is 18.9. The minimum Gasteiger partial charge on any atom is -0.393 e. The molecule has 0 aliphatic rings. The van der Waals surface area contributed by atoms with E-state index in [-0.39, 0.29) is 12.2 Å². The minimum atomic E-state index is -0.304. The van der Waals surface area contributed by atoms with E-state index in [9.17, 15) is 10.2 Å². The van der Waals surface area contributed by atoms with Crippen molar-refractivity contribution in [2.75, 3.05) is 0 Å². The molecule has 2 heteroatoms. The number of aliphatic hydroxyl groups is 2. The van der Waals surface area contributed by atoms with Crippen molar-refractivity contribution in [3.8, 4) is 0 Å². The van der Waals surface area contributed by atoms with E-state index < -0.39 is 0 Å². The van der Waals surface area contributed by atoms with Crippen LogP contribution in [0.2, 0.25) is 0 Å². The van der Waals surface area contributed by atoms with Crippen LogP contribution in [0.1, 0.15) is 58.8 Å². The molecule has 0 amide bonds. The predicted octanol–water partition coefficient (Wildman–Crippen LogP) is 2.48. The molecule has 2 atom stereocenters. The summed E-state index contributed by atoms with van der Waals surface area (Å²) in [5.41, 5.74) is 0. The van der Waals surface area contributed by atoms with Gasteiger partial charge in [-0.3, -0.25) is 0 Å². The Morgan fingerprint density at radius 1 is 0.846 bits per heavy atom. The number of unbranched alkanes of at least 4 members (excludes halogenated alkanes) is 2. The third-order valence-corrected chi connectivity index (χ3v) is 2.31. The van der Waals surface area contributed by atoms with E-state index in [0.717, 1.165) is 25.7 Å². The first-order chi connectivity index (χ1) is 6.20. The molecule has 0 spiro atoms. The van der Waals surface area contributed by atoms with Crippen molar-refractivity contribution in [3.05, 3.63) is 0 Å². The van der Waals surface area contributed by atoms with Gasteiger partial charge in [0.05, 0.1) is 12.2 Å². The van der Waals surface area contributed by atoms with E-state index in [0.29, 0.717) is 6.42 Å². The molecule has 0 aromatic heterocycles. The van der Waals surface area contributed by atoms with Gasteiger partial charge in [0.2, 0.25) is 0 Å². The zero-order valence-corrected chi connectivity index (χ0v) is 9.00. The smallest absolute Gasteiger partial charge is 0.0564 e. The lowest BCUT2D eigenvalue weighted by atomic mass is 10.0. The van der Waals surface area contributed by atoms with Gasteiger partial charge in [0.15, 0.2) is 0 Å². The highest BCUT2D eigenvalue weighted by Crippen LogP contribution is 2.11. The Balaban J connectivity index is 3.32. The lowest BCUT2D eigenvalue weighted by Crippen LogP contribution is -2.17. The first-order valence-electron chi connectivity index (χ1n) is 5.56. The zero-order chi connectivity index (χ0) is 10.1. The van der Waals surface area contributed by atoms with Crippen LogP contribution in [0.3, 0.4) is 0 Å². The van der Waals surface area contributed by atoms with Gasteiger partial charge in [0, 0.05) is 0 Å². The van der Waals surface area contributed by atoms with Crippen LogP contribution in [0.25, 0.3) is 0 Å². The van der Waals surface area contributed by atoms with Crippen molar-refractivity contribution in [1.82, 2.24) is 0 Å². The maximum absolute atomic E-state index is 9.51. The van der Waals surface area contributed by atoms with Crippen molar-refractivity contribution >= 4 is 0 Å². The van der Waals surface area contributed by atoms with Crippen LogP contribution in [0.5, 0.6) is 0 Å². The molecule has 2 nitrogen and oxygen atoms in total. The minimum absolute atomic E-state index is 0.298. The highest BCUT2D eigenvalue weighted by atomic mass is 16.3. The fraction of sp³-hybridized carbons (Fsp3) is 1.00. The third kappa shape index (κ3) is 8.26.